The normalized spacial score (nSPS) is 17.9. The minimum Gasteiger partial charge on any atom is -0.369 e. The molecule has 0 saturated carbocycles. The molecule has 0 aliphatic carbocycles. The first-order valence-electron chi connectivity index (χ1n) is 11.1. The molecule has 1 N–H and O–H groups in total. The highest BCUT2D eigenvalue weighted by atomic mass is 19.1. The zero-order valence-corrected chi connectivity index (χ0v) is 18.3. The molecule has 0 unspecified atom stereocenters. The Morgan fingerprint density at radius 2 is 1.44 bits per heavy atom. The number of nitrogens with zero attached hydrogens (tertiary/aromatic N) is 4. The van der Waals surface area contributed by atoms with Gasteiger partial charge in [-0.3, -0.25) is 19.4 Å². The molecule has 2 fully saturated rings. The highest BCUT2D eigenvalue weighted by molar-refractivity contribution is 5.92. The Hall–Kier alpha value is -2.97. The molecule has 170 valence electrons. The van der Waals surface area contributed by atoms with Crippen LogP contribution < -0.4 is 10.2 Å². The lowest BCUT2D eigenvalue weighted by Crippen LogP contribution is -2.54. The molecule has 2 aromatic carbocycles. The van der Waals surface area contributed by atoms with E-state index in [-0.39, 0.29) is 24.2 Å². The standard InChI is InChI=1S/C24H30FN5O2/c25-20-5-4-6-21(17-20)26-23(31)18-27-11-15-30(16-12-27)24(32)19-28-9-13-29(14-10-28)22-7-2-1-3-8-22/h1-8,17H,9-16,18-19H2,(H,26,31). The van der Waals surface area contributed by atoms with Crippen molar-refractivity contribution in [3.63, 3.8) is 0 Å². The van der Waals surface area contributed by atoms with E-state index in [1.807, 2.05) is 15.9 Å². The van der Waals surface area contributed by atoms with Crippen LogP contribution in [0.25, 0.3) is 0 Å². The van der Waals surface area contributed by atoms with E-state index in [2.05, 4.69) is 39.4 Å². The Morgan fingerprint density at radius 3 is 2.12 bits per heavy atom. The first-order chi connectivity index (χ1) is 15.6. The second-order valence-corrected chi connectivity index (χ2v) is 8.31. The number of halogens is 1. The molecular formula is C24H30FN5O2. The zero-order valence-electron chi connectivity index (χ0n) is 18.3. The number of hydrogen-bond donors (Lipinski definition) is 1. The van der Waals surface area contributed by atoms with Crippen LogP contribution in [-0.4, -0.2) is 92.0 Å². The average molecular weight is 440 g/mol. The molecule has 0 spiro atoms. The van der Waals surface area contributed by atoms with Gasteiger partial charge in [0.1, 0.15) is 5.82 Å². The first-order valence-corrected chi connectivity index (χ1v) is 11.1. The van der Waals surface area contributed by atoms with Gasteiger partial charge < -0.3 is 15.1 Å². The summed E-state index contributed by atoms with van der Waals surface area (Å²) in [5, 5.41) is 2.72. The fraction of sp³-hybridized carbons (Fsp3) is 0.417. The van der Waals surface area contributed by atoms with E-state index in [1.54, 1.807) is 12.1 Å². The van der Waals surface area contributed by atoms with Crippen molar-refractivity contribution in [3.8, 4) is 0 Å². The Labute approximate surface area is 188 Å². The fourth-order valence-corrected chi connectivity index (χ4v) is 4.22. The van der Waals surface area contributed by atoms with Crippen molar-refractivity contribution in [3.05, 3.63) is 60.4 Å². The second kappa shape index (κ2) is 10.6. The van der Waals surface area contributed by atoms with Gasteiger partial charge in [-0.2, -0.15) is 0 Å². The van der Waals surface area contributed by atoms with Gasteiger partial charge in [0.05, 0.1) is 13.1 Å². The van der Waals surface area contributed by atoms with Crippen molar-refractivity contribution < 1.29 is 14.0 Å². The number of hydrogen-bond acceptors (Lipinski definition) is 5. The largest absolute Gasteiger partial charge is 0.369 e. The molecule has 0 aromatic heterocycles. The molecule has 2 heterocycles. The molecular weight excluding hydrogens is 409 g/mol. The minimum absolute atomic E-state index is 0.155. The molecule has 8 heteroatoms. The third kappa shape index (κ3) is 6.05. The van der Waals surface area contributed by atoms with Gasteiger partial charge in [-0.15, -0.1) is 0 Å². The highest BCUT2D eigenvalue weighted by Gasteiger charge is 2.25. The summed E-state index contributed by atoms with van der Waals surface area (Å²) in [7, 11) is 0. The highest BCUT2D eigenvalue weighted by Crippen LogP contribution is 2.16. The van der Waals surface area contributed by atoms with Crippen LogP contribution in [0.15, 0.2) is 54.6 Å². The molecule has 2 aliphatic rings. The lowest BCUT2D eigenvalue weighted by atomic mass is 10.2. The third-order valence-electron chi connectivity index (χ3n) is 6.05. The third-order valence-corrected chi connectivity index (χ3v) is 6.05. The van der Waals surface area contributed by atoms with Gasteiger partial charge in [-0.05, 0) is 30.3 Å². The Balaban J connectivity index is 1.16. The van der Waals surface area contributed by atoms with Crippen LogP contribution >= 0.6 is 0 Å². The van der Waals surface area contributed by atoms with E-state index in [1.165, 1.54) is 17.8 Å². The SMILES string of the molecule is O=C(CN1CCN(C(=O)CN2CCN(c3ccccc3)CC2)CC1)Nc1cccc(F)c1. The number of para-hydroxylation sites is 1. The van der Waals surface area contributed by atoms with Gasteiger partial charge in [-0.25, -0.2) is 4.39 Å². The monoisotopic (exact) mass is 439 g/mol. The van der Waals surface area contributed by atoms with E-state index in [4.69, 9.17) is 0 Å². The van der Waals surface area contributed by atoms with Gasteiger partial charge in [0.25, 0.3) is 0 Å². The number of carbonyl (C=O) groups is 2. The maximum Gasteiger partial charge on any atom is 0.238 e. The predicted octanol–water partition coefficient (Wildman–Crippen LogP) is 1.73. The van der Waals surface area contributed by atoms with Crippen LogP contribution in [-0.2, 0) is 9.59 Å². The Morgan fingerprint density at radius 1 is 0.781 bits per heavy atom. The summed E-state index contributed by atoms with van der Waals surface area (Å²) in [6, 6.07) is 16.2. The number of carbonyl (C=O) groups excluding carboxylic acids is 2. The van der Waals surface area contributed by atoms with E-state index in [0.717, 1.165) is 26.2 Å². The van der Waals surface area contributed by atoms with Crippen molar-refractivity contribution in [2.75, 3.05) is 75.7 Å². The summed E-state index contributed by atoms with van der Waals surface area (Å²) in [4.78, 5) is 33.5. The van der Waals surface area contributed by atoms with Crippen LogP contribution in [0.5, 0.6) is 0 Å². The number of nitrogens with one attached hydrogen (secondary N) is 1. The van der Waals surface area contributed by atoms with Gasteiger partial charge in [0, 0.05) is 63.7 Å². The summed E-state index contributed by atoms with van der Waals surface area (Å²) >= 11 is 0. The van der Waals surface area contributed by atoms with E-state index >= 15 is 0 Å². The maximum absolute atomic E-state index is 13.3. The summed E-state index contributed by atoms with van der Waals surface area (Å²) in [6.45, 7) is 6.84. The summed E-state index contributed by atoms with van der Waals surface area (Å²) in [5.74, 6) is -0.398. The van der Waals surface area contributed by atoms with E-state index in [9.17, 15) is 14.0 Å². The van der Waals surface area contributed by atoms with Crippen molar-refractivity contribution in [2.24, 2.45) is 0 Å². The van der Waals surface area contributed by atoms with Crippen molar-refractivity contribution in [2.45, 2.75) is 0 Å². The lowest BCUT2D eigenvalue weighted by Gasteiger charge is -2.38. The molecule has 7 nitrogen and oxygen atoms in total. The number of amides is 2. The molecule has 4 rings (SSSR count). The van der Waals surface area contributed by atoms with Crippen molar-refractivity contribution in [1.29, 1.82) is 0 Å². The van der Waals surface area contributed by atoms with Crippen LogP contribution in [0.1, 0.15) is 0 Å². The van der Waals surface area contributed by atoms with Crippen LogP contribution in [0.4, 0.5) is 15.8 Å². The molecule has 2 aliphatic heterocycles. The first kappa shape index (κ1) is 22.2. The van der Waals surface area contributed by atoms with Crippen LogP contribution in [0, 0.1) is 5.82 Å². The molecule has 2 amide bonds. The van der Waals surface area contributed by atoms with E-state index < -0.39 is 0 Å². The van der Waals surface area contributed by atoms with E-state index in [0.29, 0.717) is 38.4 Å². The average Bonchev–Trinajstić information content (AvgIpc) is 2.80. The van der Waals surface area contributed by atoms with Gasteiger partial charge in [-0.1, -0.05) is 24.3 Å². The summed E-state index contributed by atoms with van der Waals surface area (Å²) in [5.41, 5.74) is 1.69. The Kier molecular flexibility index (Phi) is 7.34. The Bertz CT molecular complexity index is 910. The lowest BCUT2D eigenvalue weighted by molar-refractivity contribution is -0.134. The minimum atomic E-state index is -0.378. The predicted molar refractivity (Wildman–Crippen MR) is 123 cm³/mol. The van der Waals surface area contributed by atoms with Gasteiger partial charge >= 0.3 is 0 Å². The summed E-state index contributed by atoms with van der Waals surface area (Å²) in [6.07, 6.45) is 0. The quantitative estimate of drug-likeness (QED) is 0.743. The number of anilines is 2. The van der Waals surface area contributed by atoms with Crippen molar-refractivity contribution in [1.82, 2.24) is 14.7 Å². The second-order valence-electron chi connectivity index (χ2n) is 8.31. The number of benzene rings is 2. The fourth-order valence-electron chi connectivity index (χ4n) is 4.22. The van der Waals surface area contributed by atoms with Crippen LogP contribution in [0.3, 0.4) is 0 Å². The maximum atomic E-state index is 13.3. The molecule has 32 heavy (non-hydrogen) atoms. The molecule has 2 saturated heterocycles. The number of piperazine rings is 2. The topological polar surface area (TPSA) is 59.1 Å². The van der Waals surface area contributed by atoms with Crippen LogP contribution in [0.2, 0.25) is 0 Å². The zero-order chi connectivity index (χ0) is 22.3. The molecule has 0 bridgehead atoms. The smallest absolute Gasteiger partial charge is 0.238 e. The number of rotatable bonds is 6. The summed E-state index contributed by atoms with van der Waals surface area (Å²) < 4.78 is 13.3. The van der Waals surface area contributed by atoms with Gasteiger partial charge in [0.2, 0.25) is 11.8 Å². The molecule has 0 atom stereocenters. The van der Waals surface area contributed by atoms with Crippen molar-refractivity contribution >= 4 is 23.2 Å². The molecule has 0 radical (unpaired) electrons. The molecule has 2 aromatic rings. The van der Waals surface area contributed by atoms with Gasteiger partial charge in [0.15, 0.2) is 0 Å².